The van der Waals surface area contributed by atoms with Crippen molar-refractivity contribution in [2.24, 2.45) is 23.7 Å². The summed E-state index contributed by atoms with van der Waals surface area (Å²) in [4.78, 5) is 0. The van der Waals surface area contributed by atoms with Crippen LogP contribution in [0, 0.1) is 23.7 Å². The van der Waals surface area contributed by atoms with Crippen molar-refractivity contribution in [2.45, 2.75) is 102 Å². The number of rotatable bonds is 6. The fourth-order valence-corrected chi connectivity index (χ4v) is 7.32. The largest absolute Gasteiger partial charge is 0.534 e. The number of ether oxygens (including phenoxy) is 2. The molecule has 2 bridgehead atoms. The summed E-state index contributed by atoms with van der Waals surface area (Å²) >= 11 is 0. The molecule has 0 radical (unpaired) electrons. The first-order chi connectivity index (χ1) is 17.1. The van der Waals surface area contributed by atoms with Crippen molar-refractivity contribution >= 4 is 18.4 Å². The van der Waals surface area contributed by atoms with Gasteiger partial charge in [0.05, 0.1) is 6.10 Å². The molecule has 1 aliphatic carbocycles. The van der Waals surface area contributed by atoms with E-state index in [1.165, 1.54) is 19.3 Å². The Morgan fingerprint density at radius 2 is 1.76 bits per heavy atom. The van der Waals surface area contributed by atoms with E-state index in [-0.39, 0.29) is 28.7 Å². The second-order valence-corrected chi connectivity index (χ2v) is 19.2. The van der Waals surface area contributed by atoms with Gasteiger partial charge in [-0.3, -0.25) is 0 Å². The maximum absolute atomic E-state index is 13.5. The first-order valence-corrected chi connectivity index (χ1v) is 17.4. The van der Waals surface area contributed by atoms with Gasteiger partial charge in [0, 0.05) is 7.11 Å². The predicted octanol–water partition coefficient (Wildman–Crippen LogP) is 7.07. The third-order valence-electron chi connectivity index (χ3n) is 8.94. The molecule has 38 heavy (non-hydrogen) atoms. The van der Waals surface area contributed by atoms with Gasteiger partial charge in [-0.2, -0.15) is 21.6 Å². The van der Waals surface area contributed by atoms with Crippen LogP contribution in [0.15, 0.2) is 35.6 Å². The minimum Gasteiger partial charge on any atom is -0.411 e. The van der Waals surface area contributed by atoms with Gasteiger partial charge in [0.2, 0.25) is 5.79 Å². The molecule has 0 fully saturated rings. The van der Waals surface area contributed by atoms with Crippen LogP contribution in [0.1, 0.15) is 61.3 Å². The highest BCUT2D eigenvalue weighted by molar-refractivity contribution is 7.87. The molecular weight excluding hydrogens is 537 g/mol. The second kappa shape index (κ2) is 10.0. The SMILES string of the molecule is CO[C@]12C=C[C@](C)(O1)[C@@H](O[Si](C)(C)C(C)(C)C)C[C@H]1C(C)=CC[C@H](C(C)C)[C@H]1/C=C\2OS(=O)(=O)C(F)(F)F. The Hall–Kier alpha value is -1.14. The first kappa shape index (κ1) is 31.4. The molecular formula is C27H43F3O6SSi. The third kappa shape index (κ3) is 5.68. The molecule has 0 saturated carbocycles. The van der Waals surface area contributed by atoms with E-state index >= 15 is 0 Å². The zero-order valence-electron chi connectivity index (χ0n) is 24.1. The molecule has 0 unspecified atom stereocenters. The average molecular weight is 581 g/mol. The van der Waals surface area contributed by atoms with Crippen LogP contribution < -0.4 is 0 Å². The van der Waals surface area contributed by atoms with Gasteiger partial charge in [-0.25, -0.2) is 0 Å². The molecule has 11 heteroatoms. The van der Waals surface area contributed by atoms with Gasteiger partial charge >= 0.3 is 15.6 Å². The molecule has 0 saturated heterocycles. The molecule has 6 nitrogen and oxygen atoms in total. The zero-order valence-corrected chi connectivity index (χ0v) is 25.9. The van der Waals surface area contributed by atoms with Crippen molar-refractivity contribution in [3.8, 4) is 0 Å². The Labute approximate surface area is 226 Å². The fourth-order valence-electron chi connectivity index (χ4n) is 5.42. The molecule has 2 heterocycles. The quantitative estimate of drug-likeness (QED) is 0.145. The smallest absolute Gasteiger partial charge is 0.411 e. The van der Waals surface area contributed by atoms with Gasteiger partial charge in [-0.15, -0.1) is 0 Å². The van der Waals surface area contributed by atoms with Gasteiger partial charge in [-0.05, 0) is 86.7 Å². The number of methoxy groups -OCH3 is 1. The lowest BCUT2D eigenvalue weighted by Crippen LogP contribution is -2.53. The number of hydrogen-bond acceptors (Lipinski definition) is 6. The molecule has 2 aliphatic heterocycles. The number of allylic oxidation sites excluding steroid dienone is 3. The maximum Gasteiger partial charge on any atom is 0.534 e. The van der Waals surface area contributed by atoms with E-state index < -0.39 is 47.2 Å². The van der Waals surface area contributed by atoms with E-state index in [1.807, 2.05) is 6.92 Å². The molecule has 0 aromatic heterocycles. The lowest BCUT2D eigenvalue weighted by molar-refractivity contribution is -0.228. The highest BCUT2D eigenvalue weighted by Gasteiger charge is 2.58. The molecule has 218 valence electrons. The molecule has 3 aliphatic rings. The van der Waals surface area contributed by atoms with Gasteiger partial charge in [-0.1, -0.05) is 46.3 Å². The van der Waals surface area contributed by atoms with E-state index in [1.54, 1.807) is 13.0 Å². The molecule has 3 rings (SSSR count). The maximum atomic E-state index is 13.5. The third-order valence-corrected chi connectivity index (χ3v) is 14.4. The first-order valence-electron chi connectivity index (χ1n) is 13.1. The van der Waals surface area contributed by atoms with Crippen molar-refractivity contribution in [1.82, 2.24) is 0 Å². The molecule has 0 spiro atoms. The van der Waals surface area contributed by atoms with Crippen LogP contribution in [0.3, 0.4) is 0 Å². The monoisotopic (exact) mass is 580 g/mol. The Morgan fingerprint density at radius 3 is 2.26 bits per heavy atom. The van der Waals surface area contributed by atoms with Crippen molar-refractivity contribution in [1.29, 1.82) is 0 Å². The van der Waals surface area contributed by atoms with E-state index in [4.69, 9.17) is 18.1 Å². The Morgan fingerprint density at radius 1 is 1.16 bits per heavy atom. The van der Waals surface area contributed by atoms with Crippen LogP contribution in [0.4, 0.5) is 13.2 Å². The van der Waals surface area contributed by atoms with Crippen molar-refractivity contribution in [3.05, 3.63) is 35.6 Å². The summed E-state index contributed by atoms with van der Waals surface area (Å²) in [5.74, 6) is -2.73. The van der Waals surface area contributed by atoms with E-state index in [9.17, 15) is 21.6 Å². The van der Waals surface area contributed by atoms with Crippen molar-refractivity contribution in [2.75, 3.05) is 7.11 Å². The Kier molecular flexibility index (Phi) is 8.30. The fraction of sp³-hybridized carbons (Fsp3) is 0.778. The predicted molar refractivity (Wildman–Crippen MR) is 143 cm³/mol. The standard InChI is InChI=1S/C27H43F3O6SSi/c1-17(2)19-12-11-18(3)20-15-22(35-38(9,10)24(4,5)6)25(7)13-14-26(33-8,36-25)23(16-21(19)20)34-37(31,32)27(28,29)30/h11,13-14,16-17,19-22H,12,15H2,1-10H3/b23-16+/t19-,20+,21-,22+,25+,26-/m1/s1. The molecule has 0 N–H and O–H groups in total. The summed E-state index contributed by atoms with van der Waals surface area (Å²) in [6, 6.07) is 0. The number of fused-ring (bicyclic) bond motifs is 3. The van der Waals surface area contributed by atoms with Gasteiger partial charge in [0.15, 0.2) is 14.1 Å². The van der Waals surface area contributed by atoms with E-state index in [0.717, 1.165) is 5.57 Å². The zero-order chi connectivity index (χ0) is 29.1. The van der Waals surface area contributed by atoms with Gasteiger partial charge < -0.3 is 18.1 Å². The summed E-state index contributed by atoms with van der Waals surface area (Å²) in [5, 5.41) is -0.104. The molecule has 0 aromatic carbocycles. The lowest BCUT2D eigenvalue weighted by atomic mass is 9.65. The van der Waals surface area contributed by atoms with Crippen LogP contribution in [0.2, 0.25) is 18.1 Å². The second-order valence-electron chi connectivity index (χ2n) is 12.9. The van der Waals surface area contributed by atoms with Crippen LogP contribution in [0.25, 0.3) is 0 Å². The summed E-state index contributed by atoms with van der Waals surface area (Å²) in [5.41, 5.74) is -5.64. The number of hydrogen-bond donors (Lipinski definition) is 0. The summed E-state index contributed by atoms with van der Waals surface area (Å²) in [6.07, 6.45) is 7.61. The highest BCUT2D eigenvalue weighted by Crippen LogP contribution is 2.52. The lowest BCUT2D eigenvalue weighted by Gasteiger charge is -2.46. The summed E-state index contributed by atoms with van der Waals surface area (Å²) < 4.78 is 88.9. The normalized spacial score (nSPS) is 36.1. The van der Waals surface area contributed by atoms with Crippen LogP contribution in [-0.4, -0.2) is 46.8 Å². The van der Waals surface area contributed by atoms with Crippen LogP contribution >= 0.6 is 0 Å². The Balaban J connectivity index is 2.26. The molecule has 6 atom stereocenters. The van der Waals surface area contributed by atoms with Crippen LogP contribution in [0.5, 0.6) is 0 Å². The Bertz CT molecular complexity index is 1100. The van der Waals surface area contributed by atoms with Crippen LogP contribution in [-0.2, 0) is 28.2 Å². The summed E-state index contributed by atoms with van der Waals surface area (Å²) in [7, 11) is -7.05. The topological polar surface area (TPSA) is 71.1 Å². The summed E-state index contributed by atoms with van der Waals surface area (Å²) in [6.45, 7) is 18.6. The van der Waals surface area contributed by atoms with E-state index in [2.05, 4.69) is 53.8 Å². The minimum absolute atomic E-state index is 0.0340. The van der Waals surface area contributed by atoms with E-state index in [0.29, 0.717) is 12.8 Å². The minimum atomic E-state index is -5.98. The molecule has 0 amide bonds. The highest BCUT2D eigenvalue weighted by atomic mass is 32.2. The number of alkyl halides is 3. The van der Waals surface area contributed by atoms with Gasteiger partial charge in [0.1, 0.15) is 5.60 Å². The van der Waals surface area contributed by atoms with Crippen molar-refractivity contribution in [3.63, 3.8) is 0 Å². The van der Waals surface area contributed by atoms with Crippen molar-refractivity contribution < 1.29 is 39.7 Å². The van der Waals surface area contributed by atoms with Gasteiger partial charge in [0.25, 0.3) is 0 Å². The average Bonchev–Trinajstić information content (AvgIpc) is 3.12. The number of halogens is 3. The molecule has 0 aromatic rings.